The van der Waals surface area contributed by atoms with Crippen LogP contribution in [0.25, 0.3) is 0 Å². The second kappa shape index (κ2) is 6.41. The molecular formula is C14H15ClN4O2. The predicted octanol–water partition coefficient (Wildman–Crippen LogP) is 2.14. The van der Waals surface area contributed by atoms with E-state index in [2.05, 4.69) is 14.7 Å². The van der Waals surface area contributed by atoms with Crippen molar-refractivity contribution in [2.45, 2.75) is 6.54 Å². The normalized spacial score (nSPS) is 10.2. The Morgan fingerprint density at radius 3 is 2.57 bits per heavy atom. The molecule has 1 heterocycles. The summed E-state index contributed by atoms with van der Waals surface area (Å²) in [6, 6.07) is 8.79. The summed E-state index contributed by atoms with van der Waals surface area (Å²) in [4.78, 5) is 21.2. The molecule has 1 aromatic heterocycles. The van der Waals surface area contributed by atoms with Gasteiger partial charge in [-0.3, -0.25) is 0 Å². The number of carbonyl (C=O) groups is 1. The van der Waals surface area contributed by atoms with Gasteiger partial charge in [-0.05, 0) is 17.7 Å². The number of carbonyl (C=O) groups excluding carboxylic acids is 1. The zero-order chi connectivity index (χ0) is 15.4. The predicted molar refractivity (Wildman–Crippen MR) is 81.3 cm³/mol. The molecule has 0 amide bonds. The highest BCUT2D eigenvalue weighted by molar-refractivity contribution is 6.29. The Balaban J connectivity index is 2.12. The van der Waals surface area contributed by atoms with Crippen LogP contribution in [0.3, 0.4) is 0 Å². The maximum Gasteiger partial charge on any atom is 0.337 e. The summed E-state index contributed by atoms with van der Waals surface area (Å²) >= 11 is 5.86. The van der Waals surface area contributed by atoms with Gasteiger partial charge in [-0.1, -0.05) is 23.7 Å². The fraction of sp³-hybridized carbons (Fsp3) is 0.214. The number of nitrogen functional groups attached to an aromatic ring is 1. The lowest BCUT2D eigenvalue weighted by Gasteiger charge is -2.18. The van der Waals surface area contributed by atoms with Crippen molar-refractivity contribution < 1.29 is 9.53 Å². The minimum atomic E-state index is -0.356. The first-order valence-electron chi connectivity index (χ1n) is 6.18. The van der Waals surface area contributed by atoms with Gasteiger partial charge in [0.25, 0.3) is 0 Å². The molecule has 21 heavy (non-hydrogen) atoms. The van der Waals surface area contributed by atoms with E-state index in [4.69, 9.17) is 17.3 Å². The largest absolute Gasteiger partial charge is 0.465 e. The van der Waals surface area contributed by atoms with E-state index >= 15 is 0 Å². The van der Waals surface area contributed by atoms with E-state index in [-0.39, 0.29) is 11.9 Å². The van der Waals surface area contributed by atoms with Gasteiger partial charge in [-0.25, -0.2) is 9.78 Å². The molecule has 0 spiro atoms. The van der Waals surface area contributed by atoms with E-state index in [1.807, 2.05) is 24.1 Å². The number of ether oxygens (including phenoxy) is 1. The summed E-state index contributed by atoms with van der Waals surface area (Å²) in [6.07, 6.45) is 0. The first kappa shape index (κ1) is 15.1. The number of nitrogens with zero attached hydrogens (tertiary/aromatic N) is 3. The van der Waals surface area contributed by atoms with Crippen LogP contribution in [0, 0.1) is 0 Å². The number of hydrogen-bond donors (Lipinski definition) is 1. The van der Waals surface area contributed by atoms with Crippen LogP contribution in [-0.2, 0) is 11.3 Å². The van der Waals surface area contributed by atoms with E-state index in [0.717, 1.165) is 5.56 Å². The number of benzene rings is 1. The van der Waals surface area contributed by atoms with E-state index in [9.17, 15) is 4.79 Å². The van der Waals surface area contributed by atoms with Crippen molar-refractivity contribution in [3.63, 3.8) is 0 Å². The van der Waals surface area contributed by atoms with Crippen LogP contribution in [0.15, 0.2) is 30.3 Å². The summed E-state index contributed by atoms with van der Waals surface area (Å²) in [5, 5.41) is 0.297. The van der Waals surface area contributed by atoms with Crippen LogP contribution in [0.5, 0.6) is 0 Å². The van der Waals surface area contributed by atoms with Crippen molar-refractivity contribution in [1.82, 2.24) is 9.97 Å². The third-order valence-electron chi connectivity index (χ3n) is 2.88. The summed E-state index contributed by atoms with van der Waals surface area (Å²) in [5.41, 5.74) is 7.10. The van der Waals surface area contributed by atoms with Crippen molar-refractivity contribution in [1.29, 1.82) is 0 Å². The molecule has 0 unspecified atom stereocenters. The molecule has 1 aromatic carbocycles. The van der Waals surface area contributed by atoms with Gasteiger partial charge in [0.05, 0.1) is 12.7 Å². The van der Waals surface area contributed by atoms with E-state index in [1.54, 1.807) is 18.2 Å². The zero-order valence-electron chi connectivity index (χ0n) is 11.7. The van der Waals surface area contributed by atoms with Crippen LogP contribution >= 0.6 is 11.6 Å². The number of rotatable bonds is 4. The Bertz CT molecular complexity index is 626. The maximum absolute atomic E-state index is 11.4. The van der Waals surface area contributed by atoms with Crippen LogP contribution in [-0.4, -0.2) is 30.1 Å². The average molecular weight is 307 g/mol. The summed E-state index contributed by atoms with van der Waals surface area (Å²) in [7, 11) is 3.22. The fourth-order valence-corrected chi connectivity index (χ4v) is 2.02. The van der Waals surface area contributed by atoms with E-state index in [1.165, 1.54) is 7.11 Å². The van der Waals surface area contributed by atoms with Gasteiger partial charge in [-0.2, -0.15) is 4.98 Å². The standard InChI is InChI=1S/C14H15ClN4O2/c1-19(12-7-11(15)17-14(16)18-12)8-9-3-5-10(6-4-9)13(20)21-2/h3-7H,8H2,1-2H3,(H2,16,17,18). The summed E-state index contributed by atoms with van der Waals surface area (Å²) < 4.78 is 4.66. The van der Waals surface area contributed by atoms with Gasteiger partial charge in [0.15, 0.2) is 0 Å². The molecule has 0 radical (unpaired) electrons. The average Bonchev–Trinajstić information content (AvgIpc) is 2.46. The van der Waals surface area contributed by atoms with Crippen molar-refractivity contribution in [2.24, 2.45) is 0 Å². The van der Waals surface area contributed by atoms with Gasteiger partial charge in [-0.15, -0.1) is 0 Å². The number of methoxy groups -OCH3 is 1. The highest BCUT2D eigenvalue weighted by atomic mass is 35.5. The van der Waals surface area contributed by atoms with E-state index in [0.29, 0.717) is 23.1 Å². The lowest BCUT2D eigenvalue weighted by molar-refractivity contribution is 0.0600. The molecule has 0 bridgehead atoms. The molecule has 110 valence electrons. The van der Waals surface area contributed by atoms with Gasteiger partial charge in [0, 0.05) is 19.7 Å². The Morgan fingerprint density at radius 1 is 1.33 bits per heavy atom. The number of esters is 1. The second-order valence-electron chi connectivity index (χ2n) is 4.45. The molecule has 2 rings (SSSR count). The molecule has 2 aromatic rings. The van der Waals surface area contributed by atoms with Crippen LogP contribution in [0.1, 0.15) is 15.9 Å². The van der Waals surface area contributed by atoms with Gasteiger partial charge in [0.2, 0.25) is 5.95 Å². The molecule has 0 saturated carbocycles. The van der Waals surface area contributed by atoms with Crippen LogP contribution in [0.2, 0.25) is 5.15 Å². The Hall–Kier alpha value is -2.34. The minimum Gasteiger partial charge on any atom is -0.465 e. The molecule has 0 fully saturated rings. The Kier molecular flexibility index (Phi) is 4.59. The lowest BCUT2D eigenvalue weighted by Crippen LogP contribution is -2.18. The van der Waals surface area contributed by atoms with Crippen molar-refractivity contribution in [3.8, 4) is 0 Å². The first-order chi connectivity index (χ1) is 9.99. The molecule has 0 aliphatic heterocycles. The highest BCUT2D eigenvalue weighted by Crippen LogP contribution is 2.18. The summed E-state index contributed by atoms with van der Waals surface area (Å²) in [6.45, 7) is 0.592. The molecule has 7 heteroatoms. The zero-order valence-corrected chi connectivity index (χ0v) is 12.5. The van der Waals surface area contributed by atoms with Crippen molar-refractivity contribution in [2.75, 3.05) is 24.8 Å². The van der Waals surface area contributed by atoms with Gasteiger partial charge < -0.3 is 15.4 Å². The SMILES string of the molecule is COC(=O)c1ccc(CN(C)c2cc(Cl)nc(N)n2)cc1. The number of nitrogens with two attached hydrogens (primary N) is 1. The quantitative estimate of drug-likeness (QED) is 0.688. The van der Waals surface area contributed by atoms with Crippen LogP contribution < -0.4 is 10.6 Å². The maximum atomic E-state index is 11.4. The molecular weight excluding hydrogens is 292 g/mol. The number of hydrogen-bond acceptors (Lipinski definition) is 6. The van der Waals surface area contributed by atoms with Gasteiger partial charge >= 0.3 is 5.97 Å². The summed E-state index contributed by atoms with van der Waals surface area (Å²) in [5.74, 6) is 0.403. The van der Waals surface area contributed by atoms with Gasteiger partial charge in [0.1, 0.15) is 11.0 Å². The Morgan fingerprint density at radius 2 is 2.00 bits per heavy atom. The monoisotopic (exact) mass is 306 g/mol. The third-order valence-corrected chi connectivity index (χ3v) is 3.08. The third kappa shape index (κ3) is 3.82. The molecule has 6 nitrogen and oxygen atoms in total. The number of halogens is 1. The molecule has 0 aliphatic rings. The molecule has 0 saturated heterocycles. The smallest absolute Gasteiger partial charge is 0.337 e. The second-order valence-corrected chi connectivity index (χ2v) is 4.84. The topological polar surface area (TPSA) is 81.3 Å². The fourth-order valence-electron chi connectivity index (χ4n) is 1.84. The first-order valence-corrected chi connectivity index (χ1v) is 6.56. The van der Waals surface area contributed by atoms with Crippen molar-refractivity contribution >= 4 is 29.3 Å². The van der Waals surface area contributed by atoms with Crippen LogP contribution in [0.4, 0.5) is 11.8 Å². The minimum absolute atomic E-state index is 0.130. The number of anilines is 2. The molecule has 0 aliphatic carbocycles. The molecule has 0 atom stereocenters. The molecule has 2 N–H and O–H groups in total. The number of aromatic nitrogens is 2. The Labute approximate surface area is 127 Å². The van der Waals surface area contributed by atoms with E-state index < -0.39 is 0 Å². The highest BCUT2D eigenvalue weighted by Gasteiger charge is 2.08. The lowest BCUT2D eigenvalue weighted by atomic mass is 10.1. The van der Waals surface area contributed by atoms with Crippen molar-refractivity contribution in [3.05, 3.63) is 46.6 Å².